The van der Waals surface area contributed by atoms with Gasteiger partial charge < -0.3 is 19.5 Å². The number of carbonyl (C=O) groups is 3. The van der Waals surface area contributed by atoms with Crippen LogP contribution in [-0.2, 0) is 20.7 Å². The molecule has 1 N–H and O–H groups in total. The number of nitrogens with one attached hydrogen (secondary N) is 1. The molecule has 0 saturated carbocycles. The van der Waals surface area contributed by atoms with E-state index in [0.717, 1.165) is 0 Å². The number of hydrogen-bond acceptors (Lipinski definition) is 8. The van der Waals surface area contributed by atoms with E-state index in [4.69, 9.17) is 14.2 Å². The Kier molecular flexibility index (Phi) is 5.72. The molecule has 3 rings (SSSR count). The molecule has 1 amide bonds. The van der Waals surface area contributed by atoms with E-state index in [1.54, 1.807) is 6.07 Å². The predicted molar refractivity (Wildman–Crippen MR) is 99.0 cm³/mol. The van der Waals surface area contributed by atoms with Crippen molar-refractivity contribution < 1.29 is 33.5 Å². The number of nitro benzene ring substituents is 1. The van der Waals surface area contributed by atoms with Crippen molar-refractivity contribution in [2.24, 2.45) is 0 Å². The van der Waals surface area contributed by atoms with Crippen molar-refractivity contribution in [3.63, 3.8) is 0 Å². The highest BCUT2D eigenvalue weighted by Crippen LogP contribution is 2.37. The minimum absolute atomic E-state index is 0.00726. The van der Waals surface area contributed by atoms with Gasteiger partial charge in [0.2, 0.25) is 6.79 Å². The second-order valence-corrected chi connectivity index (χ2v) is 6.08. The Labute approximate surface area is 164 Å². The van der Waals surface area contributed by atoms with Gasteiger partial charge in [-0.3, -0.25) is 24.5 Å². The molecule has 29 heavy (non-hydrogen) atoms. The van der Waals surface area contributed by atoms with Gasteiger partial charge in [0.05, 0.1) is 17.0 Å². The second kappa shape index (κ2) is 8.38. The molecule has 0 aromatic heterocycles. The summed E-state index contributed by atoms with van der Waals surface area (Å²) in [5.41, 5.74) is 0.383. The summed E-state index contributed by atoms with van der Waals surface area (Å²) in [6, 6.07) is 8.67. The van der Waals surface area contributed by atoms with Gasteiger partial charge in [-0.05, 0) is 13.0 Å². The number of Topliss-reactive ketones (excluding diaryl/α,β-unsaturated/α-hetero) is 1. The number of hydrogen-bond donors (Lipinski definition) is 1. The van der Waals surface area contributed by atoms with E-state index in [2.05, 4.69) is 5.32 Å². The van der Waals surface area contributed by atoms with E-state index in [0.29, 0.717) is 11.5 Å². The van der Waals surface area contributed by atoms with Crippen molar-refractivity contribution in [2.75, 3.05) is 18.7 Å². The maximum Gasteiger partial charge on any atom is 0.311 e. The number of benzene rings is 2. The number of rotatable bonds is 7. The smallest absolute Gasteiger partial charge is 0.311 e. The SMILES string of the molecule is CC(=O)c1cc2c(cc1NC(=O)COC(=O)Cc1ccccc1[N+](=O)[O-])OCO2. The van der Waals surface area contributed by atoms with Crippen LogP contribution in [0.3, 0.4) is 0 Å². The quantitative estimate of drug-likeness (QED) is 0.324. The number of nitrogens with zero attached hydrogens (tertiary/aromatic N) is 1. The third-order valence-electron chi connectivity index (χ3n) is 4.05. The zero-order valence-corrected chi connectivity index (χ0v) is 15.3. The van der Waals surface area contributed by atoms with Crippen LogP contribution in [0.2, 0.25) is 0 Å². The zero-order valence-electron chi connectivity index (χ0n) is 15.3. The highest BCUT2D eigenvalue weighted by molar-refractivity contribution is 6.05. The first-order valence-electron chi connectivity index (χ1n) is 8.47. The second-order valence-electron chi connectivity index (χ2n) is 6.08. The number of ketones is 1. The Hall–Kier alpha value is -3.95. The molecule has 0 spiro atoms. The number of anilines is 1. The third-order valence-corrected chi connectivity index (χ3v) is 4.05. The van der Waals surface area contributed by atoms with Gasteiger partial charge in [-0.15, -0.1) is 0 Å². The Morgan fingerprint density at radius 1 is 1.17 bits per heavy atom. The fourth-order valence-electron chi connectivity index (χ4n) is 2.71. The first kappa shape index (κ1) is 19.8. The highest BCUT2D eigenvalue weighted by atomic mass is 16.7. The molecule has 0 atom stereocenters. The summed E-state index contributed by atoms with van der Waals surface area (Å²) in [5.74, 6) is -1.01. The molecule has 1 heterocycles. The zero-order chi connectivity index (χ0) is 21.0. The summed E-state index contributed by atoms with van der Waals surface area (Å²) in [6.45, 7) is 0.721. The summed E-state index contributed by atoms with van der Waals surface area (Å²) < 4.78 is 15.3. The third kappa shape index (κ3) is 4.67. The molecular weight excluding hydrogens is 384 g/mol. The minimum atomic E-state index is -0.799. The standard InChI is InChI=1S/C19H16N2O8/c1-11(22)13-7-16-17(29-10-28-16)8-14(13)20-18(23)9-27-19(24)6-12-4-2-3-5-15(12)21(25)26/h2-5,7-8H,6,9-10H2,1H3,(H,20,23). The fourth-order valence-corrected chi connectivity index (χ4v) is 2.71. The van der Waals surface area contributed by atoms with Crippen molar-refractivity contribution >= 4 is 29.0 Å². The first-order valence-corrected chi connectivity index (χ1v) is 8.47. The number of ether oxygens (including phenoxy) is 3. The summed E-state index contributed by atoms with van der Waals surface area (Å²) >= 11 is 0. The van der Waals surface area contributed by atoms with Crippen LogP contribution in [0.25, 0.3) is 0 Å². The van der Waals surface area contributed by atoms with E-state index < -0.39 is 23.4 Å². The van der Waals surface area contributed by atoms with E-state index >= 15 is 0 Å². The minimum Gasteiger partial charge on any atom is -0.455 e. The summed E-state index contributed by atoms with van der Waals surface area (Å²) in [6.07, 6.45) is -0.354. The predicted octanol–water partition coefficient (Wildman–Crippen LogP) is 2.25. The monoisotopic (exact) mass is 400 g/mol. The number of carbonyl (C=O) groups excluding carboxylic acids is 3. The number of amides is 1. The Morgan fingerprint density at radius 2 is 1.86 bits per heavy atom. The average molecular weight is 400 g/mol. The van der Waals surface area contributed by atoms with Crippen molar-refractivity contribution in [2.45, 2.75) is 13.3 Å². The number of fused-ring (bicyclic) bond motifs is 1. The van der Waals surface area contributed by atoms with Gasteiger partial charge in [0.25, 0.3) is 11.6 Å². The summed E-state index contributed by atoms with van der Waals surface area (Å²) in [4.78, 5) is 46.3. The maximum atomic E-state index is 12.1. The van der Waals surface area contributed by atoms with Crippen LogP contribution in [-0.4, -0.2) is 36.0 Å². The molecule has 1 aliphatic heterocycles. The molecule has 0 aliphatic carbocycles. The van der Waals surface area contributed by atoms with Gasteiger partial charge in [0.1, 0.15) is 0 Å². The largest absolute Gasteiger partial charge is 0.455 e. The van der Waals surface area contributed by atoms with Crippen LogP contribution in [0.15, 0.2) is 36.4 Å². The molecule has 10 nitrogen and oxygen atoms in total. The molecular formula is C19H16N2O8. The van der Waals surface area contributed by atoms with Crippen molar-refractivity contribution in [1.82, 2.24) is 0 Å². The molecule has 10 heteroatoms. The molecule has 150 valence electrons. The summed E-state index contributed by atoms with van der Waals surface area (Å²) in [7, 11) is 0. The normalized spacial score (nSPS) is 11.6. The topological polar surface area (TPSA) is 134 Å². The van der Waals surface area contributed by atoms with Gasteiger partial charge in [-0.2, -0.15) is 0 Å². The van der Waals surface area contributed by atoms with Crippen LogP contribution >= 0.6 is 0 Å². The van der Waals surface area contributed by atoms with Crippen LogP contribution < -0.4 is 14.8 Å². The Balaban J connectivity index is 1.61. The van der Waals surface area contributed by atoms with E-state index in [1.807, 2.05) is 0 Å². The van der Waals surface area contributed by atoms with Crippen LogP contribution in [0.5, 0.6) is 11.5 Å². The highest BCUT2D eigenvalue weighted by Gasteiger charge is 2.21. The lowest BCUT2D eigenvalue weighted by atomic mass is 10.1. The molecule has 0 radical (unpaired) electrons. The Morgan fingerprint density at radius 3 is 2.55 bits per heavy atom. The molecule has 0 saturated heterocycles. The van der Waals surface area contributed by atoms with Crippen LogP contribution in [0.1, 0.15) is 22.8 Å². The van der Waals surface area contributed by atoms with Gasteiger partial charge in [0, 0.05) is 23.3 Å². The van der Waals surface area contributed by atoms with Crippen molar-refractivity contribution in [1.29, 1.82) is 0 Å². The summed E-state index contributed by atoms with van der Waals surface area (Å²) in [5, 5.41) is 13.5. The van der Waals surface area contributed by atoms with Gasteiger partial charge >= 0.3 is 5.97 Å². The fraction of sp³-hybridized carbons (Fsp3) is 0.211. The lowest BCUT2D eigenvalue weighted by Gasteiger charge is -2.11. The maximum absolute atomic E-state index is 12.1. The number of para-hydroxylation sites is 1. The van der Waals surface area contributed by atoms with Gasteiger partial charge in [0.15, 0.2) is 23.9 Å². The Bertz CT molecular complexity index is 1000. The van der Waals surface area contributed by atoms with E-state index in [9.17, 15) is 24.5 Å². The molecule has 2 aromatic rings. The van der Waals surface area contributed by atoms with E-state index in [1.165, 1.54) is 37.3 Å². The van der Waals surface area contributed by atoms with Gasteiger partial charge in [-0.25, -0.2) is 0 Å². The first-order chi connectivity index (χ1) is 13.8. The molecule has 1 aliphatic rings. The number of esters is 1. The molecule has 0 fully saturated rings. The number of nitro groups is 1. The lowest BCUT2D eigenvalue weighted by molar-refractivity contribution is -0.385. The van der Waals surface area contributed by atoms with Gasteiger partial charge in [-0.1, -0.05) is 18.2 Å². The molecule has 0 unspecified atom stereocenters. The van der Waals surface area contributed by atoms with Crippen LogP contribution in [0, 0.1) is 10.1 Å². The molecule has 0 bridgehead atoms. The van der Waals surface area contributed by atoms with Crippen LogP contribution in [0.4, 0.5) is 11.4 Å². The average Bonchev–Trinajstić information content (AvgIpc) is 3.13. The molecule has 2 aromatic carbocycles. The van der Waals surface area contributed by atoms with E-state index in [-0.39, 0.29) is 41.5 Å². The van der Waals surface area contributed by atoms with Crippen molar-refractivity contribution in [3.8, 4) is 11.5 Å². The lowest BCUT2D eigenvalue weighted by Crippen LogP contribution is -2.22. The van der Waals surface area contributed by atoms with Crippen molar-refractivity contribution in [3.05, 3.63) is 57.6 Å².